The summed E-state index contributed by atoms with van der Waals surface area (Å²) in [6.45, 7) is 4.45. The number of aromatic amines is 1. The van der Waals surface area contributed by atoms with Crippen LogP contribution in [0.4, 0.5) is 14.6 Å². The number of aromatic nitrogens is 4. The summed E-state index contributed by atoms with van der Waals surface area (Å²) in [6, 6.07) is 9.45. The number of rotatable bonds is 5. The second-order valence-electron chi connectivity index (χ2n) is 8.13. The van der Waals surface area contributed by atoms with Gasteiger partial charge in [0.25, 0.3) is 5.56 Å². The first-order valence-electron chi connectivity index (χ1n) is 10.8. The number of anilines is 1. The number of nitrogens with two attached hydrogens (primary N) is 1. The lowest BCUT2D eigenvalue weighted by molar-refractivity contribution is -0.125. The molecule has 1 aliphatic rings. The molecule has 5 rings (SSSR count). The van der Waals surface area contributed by atoms with E-state index in [9.17, 15) is 18.4 Å². The Hall–Kier alpha value is -4.54. The number of carbonyl (C=O) groups is 1. The Morgan fingerprint density at radius 2 is 1.89 bits per heavy atom. The van der Waals surface area contributed by atoms with Gasteiger partial charge in [0.15, 0.2) is 5.82 Å². The van der Waals surface area contributed by atoms with Crippen molar-refractivity contribution in [2.75, 3.05) is 18.8 Å². The second kappa shape index (κ2) is 8.67. The number of nitrogen functional groups attached to an aromatic ring is 1. The average Bonchev–Trinajstić information content (AvgIpc) is 3.47. The standard InChI is InChI=1S/C24H20F2N6O3/c1-2-19(33)31-8-7-13(12-31)21-20-22(23(27)28-29-24(20)34)32(30-21)16-3-5-17(6-4-16)35-18-10-14(25)9-15(26)11-18/h2-6,9-11,13H,1,7-8,12H2,(H2,27,28)(H,29,34)/t13-/m1/s1. The third kappa shape index (κ3) is 4.12. The van der Waals surface area contributed by atoms with E-state index in [-0.39, 0.29) is 23.4 Å². The van der Waals surface area contributed by atoms with E-state index >= 15 is 0 Å². The fourth-order valence-corrected chi connectivity index (χ4v) is 4.28. The summed E-state index contributed by atoms with van der Waals surface area (Å²) < 4.78 is 34.0. The van der Waals surface area contributed by atoms with Gasteiger partial charge in [-0.1, -0.05) is 6.58 Å². The topological polar surface area (TPSA) is 119 Å². The van der Waals surface area contributed by atoms with Crippen LogP contribution in [-0.2, 0) is 4.79 Å². The Morgan fingerprint density at radius 3 is 2.57 bits per heavy atom. The van der Waals surface area contributed by atoms with Crippen LogP contribution >= 0.6 is 0 Å². The lowest BCUT2D eigenvalue weighted by Crippen LogP contribution is -2.26. The molecule has 11 heteroatoms. The summed E-state index contributed by atoms with van der Waals surface area (Å²) in [4.78, 5) is 26.4. The van der Waals surface area contributed by atoms with Crippen LogP contribution in [0.25, 0.3) is 16.6 Å². The molecule has 3 N–H and O–H groups in total. The highest BCUT2D eigenvalue weighted by atomic mass is 19.1. The first-order chi connectivity index (χ1) is 16.8. The molecule has 178 valence electrons. The second-order valence-corrected chi connectivity index (χ2v) is 8.13. The quantitative estimate of drug-likeness (QED) is 0.425. The van der Waals surface area contributed by atoms with Gasteiger partial charge in [0, 0.05) is 37.2 Å². The smallest absolute Gasteiger partial charge is 0.275 e. The van der Waals surface area contributed by atoms with Crippen LogP contribution in [-0.4, -0.2) is 43.9 Å². The number of benzene rings is 2. The summed E-state index contributed by atoms with van der Waals surface area (Å²) in [5.74, 6) is -1.40. The lowest BCUT2D eigenvalue weighted by Gasteiger charge is -2.13. The van der Waals surface area contributed by atoms with Crippen molar-refractivity contribution in [3.8, 4) is 17.2 Å². The van der Waals surface area contributed by atoms with Gasteiger partial charge < -0.3 is 15.4 Å². The van der Waals surface area contributed by atoms with Crippen molar-refractivity contribution in [3.63, 3.8) is 0 Å². The third-order valence-corrected chi connectivity index (χ3v) is 5.87. The third-order valence-electron chi connectivity index (χ3n) is 5.87. The zero-order valence-corrected chi connectivity index (χ0v) is 18.4. The van der Waals surface area contributed by atoms with E-state index in [0.29, 0.717) is 47.5 Å². The van der Waals surface area contributed by atoms with Crippen LogP contribution in [0.5, 0.6) is 11.5 Å². The van der Waals surface area contributed by atoms with Crippen LogP contribution in [0.3, 0.4) is 0 Å². The van der Waals surface area contributed by atoms with Crippen LogP contribution in [0.15, 0.2) is 59.9 Å². The van der Waals surface area contributed by atoms with E-state index in [4.69, 9.17) is 15.6 Å². The van der Waals surface area contributed by atoms with Crippen molar-refractivity contribution in [2.45, 2.75) is 12.3 Å². The molecule has 2 aromatic carbocycles. The molecule has 2 aromatic heterocycles. The maximum absolute atomic E-state index is 13.5. The molecule has 0 radical (unpaired) electrons. The number of nitrogens with zero attached hydrogens (tertiary/aromatic N) is 4. The SMILES string of the molecule is C=CC(=O)N1CC[C@@H](c2nn(-c3ccc(Oc4cc(F)cc(F)c4)cc3)c3c(N)n[nH]c(=O)c23)C1. The highest BCUT2D eigenvalue weighted by Crippen LogP contribution is 2.33. The van der Waals surface area contributed by atoms with Crippen LogP contribution in [0.1, 0.15) is 18.0 Å². The molecule has 1 atom stereocenters. The molecule has 3 heterocycles. The summed E-state index contributed by atoms with van der Waals surface area (Å²) in [5.41, 5.74) is 7.11. The molecule has 1 fully saturated rings. The zero-order chi connectivity index (χ0) is 24.7. The Bertz CT molecular complexity index is 1490. The molecule has 0 bridgehead atoms. The van der Waals surface area contributed by atoms with E-state index in [1.807, 2.05) is 0 Å². The molecule has 0 unspecified atom stereocenters. The number of H-pyrrole nitrogens is 1. The number of amides is 1. The molecule has 0 spiro atoms. The van der Waals surface area contributed by atoms with E-state index in [0.717, 1.165) is 18.2 Å². The minimum atomic E-state index is -0.749. The monoisotopic (exact) mass is 478 g/mol. The normalized spacial score (nSPS) is 15.5. The van der Waals surface area contributed by atoms with Gasteiger partial charge in [-0.15, -0.1) is 0 Å². The number of carbonyl (C=O) groups excluding carboxylic acids is 1. The minimum Gasteiger partial charge on any atom is -0.457 e. The molecule has 1 amide bonds. The van der Waals surface area contributed by atoms with Gasteiger partial charge in [0.05, 0.1) is 16.8 Å². The predicted molar refractivity (Wildman–Crippen MR) is 124 cm³/mol. The molecule has 1 aliphatic heterocycles. The van der Waals surface area contributed by atoms with Crippen LogP contribution in [0.2, 0.25) is 0 Å². The van der Waals surface area contributed by atoms with Gasteiger partial charge in [-0.05, 0) is 36.8 Å². The molecule has 1 saturated heterocycles. The van der Waals surface area contributed by atoms with Crippen molar-refractivity contribution in [1.29, 1.82) is 0 Å². The number of fused-ring (bicyclic) bond motifs is 1. The number of hydrogen-bond donors (Lipinski definition) is 2. The zero-order valence-electron chi connectivity index (χ0n) is 18.4. The number of ether oxygens (including phenoxy) is 1. The van der Waals surface area contributed by atoms with Crippen molar-refractivity contribution < 1.29 is 18.3 Å². The van der Waals surface area contributed by atoms with Crippen LogP contribution < -0.4 is 16.0 Å². The average molecular weight is 478 g/mol. The fourth-order valence-electron chi connectivity index (χ4n) is 4.28. The largest absolute Gasteiger partial charge is 0.457 e. The van der Waals surface area contributed by atoms with Gasteiger partial charge in [-0.2, -0.15) is 10.2 Å². The highest BCUT2D eigenvalue weighted by molar-refractivity contribution is 5.91. The number of likely N-dealkylation sites (tertiary alicyclic amines) is 1. The molecule has 4 aromatic rings. The highest BCUT2D eigenvalue weighted by Gasteiger charge is 2.31. The van der Waals surface area contributed by atoms with Gasteiger partial charge in [-0.3, -0.25) is 9.59 Å². The van der Waals surface area contributed by atoms with Crippen molar-refractivity contribution >= 4 is 22.6 Å². The fraction of sp³-hybridized carbons (Fsp3) is 0.167. The van der Waals surface area contributed by atoms with E-state index in [2.05, 4.69) is 16.8 Å². The van der Waals surface area contributed by atoms with Gasteiger partial charge in [-0.25, -0.2) is 18.6 Å². The predicted octanol–water partition coefficient (Wildman–Crippen LogP) is 3.26. The summed E-state index contributed by atoms with van der Waals surface area (Å²) >= 11 is 0. The Balaban J connectivity index is 1.52. The van der Waals surface area contributed by atoms with Crippen LogP contribution in [0, 0.1) is 11.6 Å². The van der Waals surface area contributed by atoms with Gasteiger partial charge in [0.1, 0.15) is 28.7 Å². The maximum Gasteiger partial charge on any atom is 0.275 e. The summed E-state index contributed by atoms with van der Waals surface area (Å²) in [5, 5.41) is 11.3. The first kappa shape index (κ1) is 22.3. The van der Waals surface area contributed by atoms with Gasteiger partial charge >= 0.3 is 0 Å². The van der Waals surface area contributed by atoms with Crippen molar-refractivity contribution in [1.82, 2.24) is 24.9 Å². The van der Waals surface area contributed by atoms with E-state index in [1.165, 1.54) is 10.8 Å². The number of nitrogens with one attached hydrogen (secondary N) is 1. The summed E-state index contributed by atoms with van der Waals surface area (Å²) in [7, 11) is 0. The van der Waals surface area contributed by atoms with Crippen molar-refractivity contribution in [3.05, 3.63) is 82.8 Å². The van der Waals surface area contributed by atoms with E-state index in [1.54, 1.807) is 29.2 Å². The Kier molecular flexibility index (Phi) is 5.51. The molecular formula is C24H20F2N6O3. The molecular weight excluding hydrogens is 458 g/mol. The Morgan fingerprint density at radius 1 is 1.17 bits per heavy atom. The number of halogens is 2. The van der Waals surface area contributed by atoms with Gasteiger partial charge in [0.2, 0.25) is 5.91 Å². The van der Waals surface area contributed by atoms with Crippen molar-refractivity contribution in [2.24, 2.45) is 0 Å². The summed E-state index contributed by atoms with van der Waals surface area (Å²) in [6.07, 6.45) is 1.89. The number of hydrogen-bond acceptors (Lipinski definition) is 6. The maximum atomic E-state index is 13.5. The minimum absolute atomic E-state index is 0.0157. The molecule has 9 nitrogen and oxygen atoms in total. The molecule has 35 heavy (non-hydrogen) atoms. The molecule has 0 aliphatic carbocycles. The Labute approximate surface area is 197 Å². The van der Waals surface area contributed by atoms with E-state index < -0.39 is 17.2 Å². The lowest BCUT2D eigenvalue weighted by atomic mass is 10.0. The molecule has 0 saturated carbocycles. The first-order valence-corrected chi connectivity index (χ1v) is 10.8.